The molecule has 1 N–H and O–H groups in total. The lowest BCUT2D eigenvalue weighted by atomic mass is 10.0. The summed E-state index contributed by atoms with van der Waals surface area (Å²) in [5, 5.41) is 3.55. The average Bonchev–Trinajstić information content (AvgIpc) is 2.69. The highest BCUT2D eigenvalue weighted by Crippen LogP contribution is 2.14. The van der Waals surface area contributed by atoms with Gasteiger partial charge in [0.2, 0.25) is 0 Å². The Hall–Kier alpha value is -1.92. The van der Waals surface area contributed by atoms with Crippen LogP contribution in [-0.4, -0.2) is 61.8 Å². The number of nitrogens with zero attached hydrogens (tertiary/aromatic N) is 1. The van der Waals surface area contributed by atoms with Crippen LogP contribution < -0.4 is 5.32 Å². The Morgan fingerprint density at radius 3 is 2.59 bits per heavy atom. The summed E-state index contributed by atoms with van der Waals surface area (Å²) in [6.45, 7) is 6.36. The molecule has 0 amide bonds. The number of carbonyl (C=O) groups excluding carboxylic acids is 2. The zero-order valence-electron chi connectivity index (χ0n) is 17.9. The fourth-order valence-electron chi connectivity index (χ4n) is 3.82. The number of benzene rings is 1. The summed E-state index contributed by atoms with van der Waals surface area (Å²) < 4.78 is 10.4. The van der Waals surface area contributed by atoms with E-state index in [2.05, 4.69) is 22.3 Å². The molecule has 6 nitrogen and oxygen atoms in total. The number of nitrogens with one attached hydrogen (secondary N) is 1. The van der Waals surface area contributed by atoms with E-state index in [1.165, 1.54) is 5.56 Å². The molecule has 0 spiro atoms. The van der Waals surface area contributed by atoms with E-state index in [4.69, 9.17) is 9.47 Å². The largest absolute Gasteiger partial charge is 0.465 e. The van der Waals surface area contributed by atoms with Crippen molar-refractivity contribution in [3.05, 3.63) is 35.9 Å². The second kappa shape index (κ2) is 13.3. The fraction of sp³-hybridized carbons (Fsp3) is 0.652. The number of rotatable bonds is 10. The molecule has 29 heavy (non-hydrogen) atoms. The van der Waals surface area contributed by atoms with Crippen LogP contribution in [0.1, 0.15) is 51.5 Å². The second-order valence-corrected chi connectivity index (χ2v) is 7.58. The Morgan fingerprint density at radius 1 is 1.10 bits per heavy atom. The molecule has 2 unspecified atom stereocenters. The van der Waals surface area contributed by atoms with Gasteiger partial charge in [0, 0.05) is 12.6 Å². The predicted molar refractivity (Wildman–Crippen MR) is 114 cm³/mol. The van der Waals surface area contributed by atoms with Crippen LogP contribution in [0.15, 0.2) is 30.3 Å². The number of likely N-dealkylation sites (tertiary alicyclic amines) is 1. The molecule has 0 aliphatic carbocycles. The summed E-state index contributed by atoms with van der Waals surface area (Å²) >= 11 is 0. The Balaban J connectivity index is 1.98. The highest BCUT2D eigenvalue weighted by atomic mass is 16.5. The van der Waals surface area contributed by atoms with Crippen LogP contribution in [0, 0.1) is 0 Å². The average molecular weight is 405 g/mol. The molecule has 0 bridgehead atoms. The second-order valence-electron chi connectivity index (χ2n) is 7.58. The fourth-order valence-corrected chi connectivity index (χ4v) is 3.82. The molecule has 0 saturated carbocycles. The van der Waals surface area contributed by atoms with Crippen molar-refractivity contribution in [2.24, 2.45) is 0 Å². The summed E-state index contributed by atoms with van der Waals surface area (Å²) in [5.74, 6) is -0.375. The molecule has 1 fully saturated rings. The maximum atomic E-state index is 12.6. The van der Waals surface area contributed by atoms with Gasteiger partial charge in [-0.05, 0) is 51.6 Å². The maximum Gasteiger partial charge on any atom is 0.323 e. The quantitative estimate of drug-likeness (QED) is 0.605. The molecule has 1 aliphatic heterocycles. The Morgan fingerprint density at radius 2 is 1.86 bits per heavy atom. The topological polar surface area (TPSA) is 67.9 Å². The molecule has 1 heterocycles. The SMILES string of the molecule is CCOC(=O)CN1CCCCCC(NC(CCc2ccccc2)C(=O)OCC)C1. The zero-order valence-corrected chi connectivity index (χ0v) is 17.9. The number of aryl methyl sites for hydroxylation is 1. The summed E-state index contributed by atoms with van der Waals surface area (Å²) in [6.07, 6.45) is 5.83. The first-order valence-electron chi connectivity index (χ1n) is 11.0. The van der Waals surface area contributed by atoms with Crippen LogP contribution in [-0.2, 0) is 25.5 Å². The van der Waals surface area contributed by atoms with Crippen molar-refractivity contribution < 1.29 is 19.1 Å². The van der Waals surface area contributed by atoms with E-state index in [0.29, 0.717) is 26.2 Å². The van der Waals surface area contributed by atoms with Gasteiger partial charge in [0.15, 0.2) is 0 Å². The van der Waals surface area contributed by atoms with Gasteiger partial charge >= 0.3 is 11.9 Å². The van der Waals surface area contributed by atoms with Gasteiger partial charge in [-0.1, -0.05) is 43.2 Å². The molecule has 1 aromatic rings. The maximum absolute atomic E-state index is 12.6. The van der Waals surface area contributed by atoms with E-state index in [1.54, 1.807) is 0 Å². The number of carbonyl (C=O) groups is 2. The summed E-state index contributed by atoms with van der Waals surface area (Å²) in [5.41, 5.74) is 1.21. The zero-order chi connectivity index (χ0) is 20.9. The van der Waals surface area contributed by atoms with E-state index in [9.17, 15) is 9.59 Å². The molecule has 2 rings (SSSR count). The van der Waals surface area contributed by atoms with E-state index < -0.39 is 0 Å². The molecule has 6 heteroatoms. The van der Waals surface area contributed by atoms with Crippen LogP contribution in [0.5, 0.6) is 0 Å². The number of esters is 2. The van der Waals surface area contributed by atoms with Gasteiger partial charge in [0.1, 0.15) is 6.04 Å². The first-order chi connectivity index (χ1) is 14.1. The van der Waals surface area contributed by atoms with Crippen LogP contribution >= 0.6 is 0 Å². The third-order valence-electron chi connectivity index (χ3n) is 5.24. The van der Waals surface area contributed by atoms with Crippen molar-refractivity contribution in [2.45, 2.75) is 64.5 Å². The minimum absolute atomic E-state index is 0.148. The van der Waals surface area contributed by atoms with Crippen molar-refractivity contribution >= 4 is 11.9 Å². The van der Waals surface area contributed by atoms with Crippen molar-refractivity contribution in [2.75, 3.05) is 32.8 Å². The molecule has 1 saturated heterocycles. The van der Waals surface area contributed by atoms with E-state index in [1.807, 2.05) is 32.0 Å². The lowest BCUT2D eigenvalue weighted by molar-refractivity contribution is -0.147. The first-order valence-corrected chi connectivity index (χ1v) is 11.0. The molecule has 162 valence electrons. The number of hydrogen-bond acceptors (Lipinski definition) is 6. The van der Waals surface area contributed by atoms with E-state index >= 15 is 0 Å². The van der Waals surface area contributed by atoms with Crippen LogP contribution in [0.3, 0.4) is 0 Å². The minimum atomic E-state index is -0.343. The van der Waals surface area contributed by atoms with Crippen LogP contribution in [0.4, 0.5) is 0 Å². The smallest absolute Gasteiger partial charge is 0.323 e. The van der Waals surface area contributed by atoms with Crippen molar-refractivity contribution in [1.29, 1.82) is 0 Å². The highest BCUT2D eigenvalue weighted by molar-refractivity contribution is 5.75. The Kier molecular flexibility index (Phi) is 10.7. The van der Waals surface area contributed by atoms with Gasteiger partial charge in [0.05, 0.1) is 19.8 Å². The normalized spacial score (nSPS) is 19.0. The molecule has 1 aliphatic rings. The number of hydrogen-bond donors (Lipinski definition) is 1. The van der Waals surface area contributed by atoms with Crippen LogP contribution in [0.25, 0.3) is 0 Å². The molecular formula is C23H36N2O4. The van der Waals surface area contributed by atoms with Crippen LogP contribution in [0.2, 0.25) is 0 Å². The van der Waals surface area contributed by atoms with Gasteiger partial charge in [0.25, 0.3) is 0 Å². The molecule has 0 aromatic heterocycles. The lowest BCUT2D eigenvalue weighted by Crippen LogP contribution is -2.50. The standard InChI is InChI=1S/C23H36N2O4/c1-3-28-22(26)18-25-16-10-6-9-13-20(17-25)24-21(23(27)29-4-2)15-14-19-11-7-5-8-12-19/h5,7-8,11-12,20-21,24H,3-4,6,9-10,13-18H2,1-2H3. The monoisotopic (exact) mass is 404 g/mol. The molecule has 2 atom stereocenters. The summed E-state index contributed by atoms with van der Waals surface area (Å²) in [7, 11) is 0. The first kappa shape index (κ1) is 23.4. The van der Waals surface area contributed by atoms with E-state index in [0.717, 1.165) is 45.2 Å². The van der Waals surface area contributed by atoms with Gasteiger partial charge in [-0.25, -0.2) is 0 Å². The van der Waals surface area contributed by atoms with Gasteiger partial charge < -0.3 is 14.8 Å². The minimum Gasteiger partial charge on any atom is -0.465 e. The molecular weight excluding hydrogens is 368 g/mol. The van der Waals surface area contributed by atoms with Gasteiger partial charge in [-0.2, -0.15) is 0 Å². The highest BCUT2D eigenvalue weighted by Gasteiger charge is 2.26. The molecule has 0 radical (unpaired) electrons. The lowest BCUT2D eigenvalue weighted by Gasteiger charge is -2.32. The summed E-state index contributed by atoms with van der Waals surface area (Å²) in [6, 6.07) is 10.0. The third-order valence-corrected chi connectivity index (χ3v) is 5.24. The molecule has 1 aromatic carbocycles. The van der Waals surface area contributed by atoms with E-state index in [-0.39, 0.29) is 24.0 Å². The predicted octanol–water partition coefficient (Wildman–Crippen LogP) is 2.95. The van der Waals surface area contributed by atoms with Gasteiger partial charge in [-0.3, -0.25) is 14.5 Å². The Labute approximate surface area is 174 Å². The van der Waals surface area contributed by atoms with Crippen molar-refractivity contribution in [3.8, 4) is 0 Å². The van der Waals surface area contributed by atoms with Crippen molar-refractivity contribution in [3.63, 3.8) is 0 Å². The summed E-state index contributed by atoms with van der Waals surface area (Å²) in [4.78, 5) is 26.6. The number of ether oxygens (including phenoxy) is 2. The Bertz CT molecular complexity index is 608. The third kappa shape index (κ3) is 8.96. The van der Waals surface area contributed by atoms with Crippen molar-refractivity contribution in [1.82, 2.24) is 10.2 Å². The van der Waals surface area contributed by atoms with Gasteiger partial charge in [-0.15, -0.1) is 0 Å².